The minimum atomic E-state index is -4.58. The number of benzene rings is 1. The second-order valence-corrected chi connectivity index (χ2v) is 4.75. The van der Waals surface area contributed by atoms with E-state index in [-0.39, 0.29) is 5.69 Å². The van der Waals surface area contributed by atoms with Crippen LogP contribution in [0.2, 0.25) is 5.02 Å². The highest BCUT2D eigenvalue weighted by Gasteiger charge is 2.33. The maximum absolute atomic E-state index is 12.7. The molecule has 1 aromatic heterocycles. The molecule has 8 heteroatoms. The van der Waals surface area contributed by atoms with Gasteiger partial charge in [-0.2, -0.15) is 18.3 Å². The average Bonchev–Trinajstić information content (AvgIpc) is 2.92. The Balaban J connectivity index is 2.18. The number of aromatic nitrogens is 2. The van der Waals surface area contributed by atoms with Gasteiger partial charge in [0.1, 0.15) is 6.04 Å². The fraction of sp³-hybridized carbons (Fsp3) is 0.231. The third kappa shape index (κ3) is 3.55. The Labute approximate surface area is 123 Å². The number of hydrogen-bond donors (Lipinski definition) is 1. The van der Waals surface area contributed by atoms with Gasteiger partial charge in [0, 0.05) is 18.1 Å². The lowest BCUT2D eigenvalue weighted by Gasteiger charge is -2.15. The molecule has 1 N–H and O–H groups in total. The standard InChI is InChI=1S/C13H11ClF3N3O/c1-8(20-6-2-5-18-20)12(21)19-9-3-4-11(14)10(7-9)13(15,16)17/h2-8H,1H3,(H,19,21)/t8-/m0/s1. The Kier molecular flexibility index (Phi) is 4.22. The van der Waals surface area contributed by atoms with E-state index in [1.807, 2.05) is 0 Å². The molecule has 0 aliphatic rings. The van der Waals surface area contributed by atoms with Crippen LogP contribution in [0.5, 0.6) is 0 Å². The number of nitrogens with one attached hydrogen (secondary N) is 1. The van der Waals surface area contributed by atoms with Crippen molar-refractivity contribution in [2.24, 2.45) is 0 Å². The number of amides is 1. The molecule has 0 aliphatic heterocycles. The summed E-state index contributed by atoms with van der Waals surface area (Å²) in [6.07, 6.45) is -1.48. The van der Waals surface area contributed by atoms with Gasteiger partial charge in [0.25, 0.3) is 0 Å². The van der Waals surface area contributed by atoms with Crippen LogP contribution in [-0.4, -0.2) is 15.7 Å². The van der Waals surface area contributed by atoms with Crippen LogP contribution in [0.3, 0.4) is 0 Å². The zero-order valence-corrected chi connectivity index (χ0v) is 11.6. The van der Waals surface area contributed by atoms with Crippen molar-refractivity contribution in [3.63, 3.8) is 0 Å². The maximum Gasteiger partial charge on any atom is 0.417 e. The Bertz CT molecular complexity index is 641. The van der Waals surface area contributed by atoms with Crippen LogP contribution in [-0.2, 0) is 11.0 Å². The number of anilines is 1. The van der Waals surface area contributed by atoms with E-state index in [0.717, 1.165) is 12.1 Å². The fourth-order valence-electron chi connectivity index (χ4n) is 1.70. The van der Waals surface area contributed by atoms with E-state index in [1.165, 1.54) is 16.9 Å². The van der Waals surface area contributed by atoms with E-state index in [0.29, 0.717) is 0 Å². The third-order valence-electron chi connectivity index (χ3n) is 2.84. The molecule has 0 saturated carbocycles. The number of alkyl halides is 3. The highest BCUT2D eigenvalue weighted by Crippen LogP contribution is 2.36. The van der Waals surface area contributed by atoms with Crippen LogP contribution in [0.1, 0.15) is 18.5 Å². The van der Waals surface area contributed by atoms with E-state index in [4.69, 9.17) is 11.6 Å². The number of hydrogen-bond acceptors (Lipinski definition) is 2. The number of halogens is 4. The fourth-order valence-corrected chi connectivity index (χ4v) is 1.92. The molecule has 1 amide bonds. The molecule has 0 aliphatic carbocycles. The third-order valence-corrected chi connectivity index (χ3v) is 3.17. The van der Waals surface area contributed by atoms with Crippen molar-refractivity contribution in [3.8, 4) is 0 Å². The maximum atomic E-state index is 12.7. The van der Waals surface area contributed by atoms with Gasteiger partial charge in [0.05, 0.1) is 10.6 Å². The van der Waals surface area contributed by atoms with Gasteiger partial charge in [-0.15, -0.1) is 0 Å². The second-order valence-electron chi connectivity index (χ2n) is 4.34. The van der Waals surface area contributed by atoms with Crippen molar-refractivity contribution < 1.29 is 18.0 Å². The van der Waals surface area contributed by atoms with Crippen LogP contribution in [0.25, 0.3) is 0 Å². The molecule has 1 atom stereocenters. The summed E-state index contributed by atoms with van der Waals surface area (Å²) in [6, 6.07) is 4.21. The molecular weight excluding hydrogens is 307 g/mol. The second kappa shape index (κ2) is 5.77. The Hall–Kier alpha value is -2.02. The Morgan fingerprint density at radius 3 is 2.71 bits per heavy atom. The normalized spacial score (nSPS) is 13.0. The largest absolute Gasteiger partial charge is 0.417 e. The summed E-state index contributed by atoms with van der Waals surface area (Å²) < 4.78 is 39.6. The molecule has 1 aromatic carbocycles. The zero-order valence-electron chi connectivity index (χ0n) is 10.9. The van der Waals surface area contributed by atoms with Crippen LogP contribution < -0.4 is 5.32 Å². The van der Waals surface area contributed by atoms with Gasteiger partial charge in [-0.25, -0.2) is 0 Å². The molecule has 21 heavy (non-hydrogen) atoms. The molecule has 4 nitrogen and oxygen atoms in total. The van der Waals surface area contributed by atoms with Crippen molar-refractivity contribution in [1.82, 2.24) is 9.78 Å². The van der Waals surface area contributed by atoms with Crippen molar-refractivity contribution in [2.45, 2.75) is 19.1 Å². The summed E-state index contributed by atoms with van der Waals surface area (Å²) in [7, 11) is 0. The van der Waals surface area contributed by atoms with E-state index in [2.05, 4.69) is 10.4 Å². The molecule has 1 heterocycles. The first-order valence-electron chi connectivity index (χ1n) is 5.96. The molecule has 2 rings (SSSR count). The first-order chi connectivity index (χ1) is 9.79. The van der Waals surface area contributed by atoms with Gasteiger partial charge in [0.2, 0.25) is 5.91 Å². The summed E-state index contributed by atoms with van der Waals surface area (Å²) in [5.74, 6) is -0.478. The van der Waals surface area contributed by atoms with Gasteiger partial charge in [-0.3, -0.25) is 9.48 Å². The van der Waals surface area contributed by atoms with Crippen LogP contribution in [0, 0.1) is 0 Å². The molecule has 0 saturated heterocycles. The summed E-state index contributed by atoms with van der Waals surface area (Å²) in [4.78, 5) is 12.0. The number of rotatable bonds is 3. The van der Waals surface area contributed by atoms with Gasteiger partial charge >= 0.3 is 6.18 Å². The zero-order chi connectivity index (χ0) is 15.6. The first-order valence-corrected chi connectivity index (χ1v) is 6.33. The average molecular weight is 318 g/mol. The molecule has 0 bridgehead atoms. The van der Waals surface area contributed by atoms with Crippen LogP contribution in [0.15, 0.2) is 36.7 Å². The first kappa shape index (κ1) is 15.4. The predicted octanol–water partition coefficient (Wildman–Crippen LogP) is 3.76. The van der Waals surface area contributed by atoms with E-state index >= 15 is 0 Å². The minimum absolute atomic E-state index is 0.0238. The topological polar surface area (TPSA) is 46.9 Å². The molecule has 0 fully saturated rings. The van der Waals surface area contributed by atoms with Crippen LogP contribution >= 0.6 is 11.6 Å². The number of carbonyl (C=O) groups is 1. The van der Waals surface area contributed by atoms with E-state index < -0.39 is 28.7 Å². The van der Waals surface area contributed by atoms with Crippen molar-refractivity contribution in [3.05, 3.63) is 47.2 Å². The molecule has 0 radical (unpaired) electrons. The minimum Gasteiger partial charge on any atom is -0.324 e. The monoisotopic (exact) mass is 317 g/mol. The summed E-state index contributed by atoms with van der Waals surface area (Å²) in [5.41, 5.74) is -0.968. The lowest BCUT2D eigenvalue weighted by molar-refractivity contribution is -0.137. The predicted molar refractivity (Wildman–Crippen MR) is 72.0 cm³/mol. The van der Waals surface area contributed by atoms with Crippen molar-refractivity contribution in [2.75, 3.05) is 5.32 Å². The quantitative estimate of drug-likeness (QED) is 0.937. The number of carbonyl (C=O) groups excluding carboxylic acids is 1. The Morgan fingerprint density at radius 1 is 1.43 bits per heavy atom. The van der Waals surface area contributed by atoms with Gasteiger partial charge in [-0.05, 0) is 31.2 Å². The summed E-state index contributed by atoms with van der Waals surface area (Å²) >= 11 is 5.51. The molecule has 0 spiro atoms. The molecule has 0 unspecified atom stereocenters. The highest BCUT2D eigenvalue weighted by atomic mass is 35.5. The SMILES string of the molecule is C[C@@H](C(=O)Nc1ccc(Cl)c(C(F)(F)F)c1)n1cccn1. The molecule has 112 valence electrons. The molecular formula is C13H11ClF3N3O. The molecule has 2 aromatic rings. The lowest BCUT2D eigenvalue weighted by atomic mass is 10.2. The highest BCUT2D eigenvalue weighted by molar-refractivity contribution is 6.31. The van der Waals surface area contributed by atoms with E-state index in [1.54, 1.807) is 19.2 Å². The van der Waals surface area contributed by atoms with Gasteiger partial charge < -0.3 is 5.32 Å². The van der Waals surface area contributed by atoms with Crippen LogP contribution in [0.4, 0.5) is 18.9 Å². The van der Waals surface area contributed by atoms with Crippen molar-refractivity contribution >= 4 is 23.2 Å². The summed E-state index contributed by atoms with van der Waals surface area (Å²) in [5, 5.41) is 5.90. The van der Waals surface area contributed by atoms with E-state index in [9.17, 15) is 18.0 Å². The van der Waals surface area contributed by atoms with Gasteiger partial charge in [0.15, 0.2) is 0 Å². The van der Waals surface area contributed by atoms with Gasteiger partial charge in [-0.1, -0.05) is 11.6 Å². The summed E-state index contributed by atoms with van der Waals surface area (Å²) in [6.45, 7) is 1.59. The van der Waals surface area contributed by atoms with Crippen molar-refractivity contribution in [1.29, 1.82) is 0 Å². The smallest absolute Gasteiger partial charge is 0.324 e. The Morgan fingerprint density at radius 2 is 2.14 bits per heavy atom. The lowest BCUT2D eigenvalue weighted by Crippen LogP contribution is -2.24. The number of nitrogens with zero attached hydrogens (tertiary/aromatic N) is 2.